The van der Waals surface area contributed by atoms with Crippen LogP contribution in [0.15, 0.2) is 48.7 Å². The van der Waals surface area contributed by atoms with Crippen molar-refractivity contribution in [1.29, 1.82) is 0 Å². The molecule has 3 heterocycles. The molecule has 2 atom stereocenters. The summed E-state index contributed by atoms with van der Waals surface area (Å²) in [6, 6.07) is 9.46. The van der Waals surface area contributed by atoms with E-state index in [1.54, 1.807) is 42.2 Å². The standard InChI is InChI=1S/C25H27F2N7O4/c1-14(30-25(36)37)20(15-5-3-2-4-6-15)32-23-18(26)12-17(21(28)35)22(33-23)31-16-11-19(27)24(29-13-16)34-7-9-38-10-8-34/h2-6,11-14,20,30H,7-10H2,1H3,(H2,28,35)(H,36,37)(H2,31,32,33)/t14-,20+/m0/s1. The van der Waals surface area contributed by atoms with E-state index in [9.17, 15) is 19.1 Å². The van der Waals surface area contributed by atoms with Gasteiger partial charge in [0.1, 0.15) is 5.82 Å². The van der Waals surface area contributed by atoms with Crippen LogP contribution in [0.3, 0.4) is 0 Å². The Balaban J connectivity index is 1.65. The zero-order valence-corrected chi connectivity index (χ0v) is 20.4. The van der Waals surface area contributed by atoms with Gasteiger partial charge >= 0.3 is 6.09 Å². The number of primary amides is 1. The van der Waals surface area contributed by atoms with Crippen LogP contribution in [0.1, 0.15) is 28.9 Å². The average molecular weight is 528 g/mol. The Bertz CT molecular complexity index is 1310. The van der Waals surface area contributed by atoms with Gasteiger partial charge in [-0.05, 0) is 18.6 Å². The molecular formula is C25H27F2N7O4. The summed E-state index contributed by atoms with van der Waals surface area (Å²) in [6.45, 7) is 3.52. The predicted molar refractivity (Wildman–Crippen MR) is 137 cm³/mol. The topological polar surface area (TPSA) is 155 Å². The molecule has 6 N–H and O–H groups in total. The smallest absolute Gasteiger partial charge is 0.404 e. The van der Waals surface area contributed by atoms with Crippen LogP contribution in [-0.2, 0) is 4.74 Å². The Morgan fingerprint density at radius 3 is 2.45 bits per heavy atom. The van der Waals surface area contributed by atoms with Crippen LogP contribution in [0.2, 0.25) is 0 Å². The highest BCUT2D eigenvalue weighted by molar-refractivity contribution is 5.98. The van der Waals surface area contributed by atoms with Crippen LogP contribution < -0.4 is 26.6 Å². The fourth-order valence-corrected chi connectivity index (χ4v) is 4.10. The van der Waals surface area contributed by atoms with E-state index in [-0.39, 0.29) is 28.7 Å². The van der Waals surface area contributed by atoms with Gasteiger partial charge in [-0.15, -0.1) is 0 Å². The minimum Gasteiger partial charge on any atom is -0.465 e. The third-order valence-electron chi connectivity index (χ3n) is 5.94. The molecule has 0 bridgehead atoms. The first kappa shape index (κ1) is 26.5. The number of carbonyl (C=O) groups excluding carboxylic acids is 1. The molecule has 1 aliphatic rings. The summed E-state index contributed by atoms with van der Waals surface area (Å²) in [6.07, 6.45) is 0.109. The largest absolute Gasteiger partial charge is 0.465 e. The fourth-order valence-electron chi connectivity index (χ4n) is 4.10. The number of nitrogens with one attached hydrogen (secondary N) is 3. The van der Waals surface area contributed by atoms with Crippen molar-refractivity contribution in [3.8, 4) is 0 Å². The molecule has 4 rings (SSSR count). The van der Waals surface area contributed by atoms with Crippen molar-refractivity contribution in [2.24, 2.45) is 5.73 Å². The summed E-state index contributed by atoms with van der Waals surface area (Å²) in [5.74, 6) is -2.69. The van der Waals surface area contributed by atoms with Gasteiger partial charge in [-0.25, -0.2) is 23.5 Å². The Labute approximate surface area is 217 Å². The number of ether oxygens (including phenoxy) is 1. The molecule has 1 saturated heterocycles. The van der Waals surface area contributed by atoms with Crippen LogP contribution in [0.5, 0.6) is 0 Å². The minimum absolute atomic E-state index is 0.132. The second kappa shape index (κ2) is 11.7. The molecule has 2 aromatic heterocycles. The van der Waals surface area contributed by atoms with Crippen molar-refractivity contribution in [2.45, 2.75) is 19.0 Å². The number of aromatic nitrogens is 2. The van der Waals surface area contributed by atoms with Crippen molar-refractivity contribution < 1.29 is 28.2 Å². The maximum absolute atomic E-state index is 15.1. The number of morpholine rings is 1. The Morgan fingerprint density at radius 2 is 1.82 bits per heavy atom. The van der Waals surface area contributed by atoms with Crippen LogP contribution >= 0.6 is 0 Å². The maximum atomic E-state index is 15.1. The number of rotatable bonds is 9. The van der Waals surface area contributed by atoms with Crippen LogP contribution in [0, 0.1) is 11.6 Å². The molecule has 1 aliphatic heterocycles. The number of halogens is 2. The highest BCUT2D eigenvalue weighted by Crippen LogP contribution is 2.29. The molecular weight excluding hydrogens is 500 g/mol. The van der Waals surface area contributed by atoms with Crippen molar-refractivity contribution in [2.75, 3.05) is 41.8 Å². The van der Waals surface area contributed by atoms with E-state index < -0.39 is 35.7 Å². The molecule has 0 aliphatic carbocycles. The van der Waals surface area contributed by atoms with E-state index in [1.165, 1.54) is 12.3 Å². The van der Waals surface area contributed by atoms with Gasteiger partial charge in [0.25, 0.3) is 5.91 Å². The van der Waals surface area contributed by atoms with Gasteiger partial charge in [0, 0.05) is 19.2 Å². The molecule has 38 heavy (non-hydrogen) atoms. The third-order valence-corrected chi connectivity index (χ3v) is 5.94. The number of hydrogen-bond acceptors (Lipinski definition) is 8. The molecule has 0 radical (unpaired) electrons. The predicted octanol–water partition coefficient (Wildman–Crippen LogP) is 3.24. The zero-order valence-electron chi connectivity index (χ0n) is 20.4. The van der Waals surface area contributed by atoms with Crippen molar-refractivity contribution in [1.82, 2.24) is 15.3 Å². The lowest BCUT2D eigenvalue weighted by molar-refractivity contribution is 0.1000. The van der Waals surface area contributed by atoms with Crippen LogP contribution in [0.4, 0.5) is 36.7 Å². The number of hydrogen-bond donors (Lipinski definition) is 5. The summed E-state index contributed by atoms with van der Waals surface area (Å²) >= 11 is 0. The van der Waals surface area contributed by atoms with Gasteiger partial charge in [0.2, 0.25) is 0 Å². The normalized spacial score (nSPS) is 14.9. The summed E-state index contributed by atoms with van der Waals surface area (Å²) in [4.78, 5) is 33.5. The first-order chi connectivity index (χ1) is 18.2. The monoisotopic (exact) mass is 527 g/mol. The van der Waals surface area contributed by atoms with Gasteiger partial charge in [-0.1, -0.05) is 30.3 Å². The van der Waals surface area contributed by atoms with Gasteiger partial charge in [0.05, 0.1) is 42.7 Å². The number of nitrogens with two attached hydrogens (primary N) is 1. The van der Waals surface area contributed by atoms with Crippen LogP contribution in [0.25, 0.3) is 0 Å². The number of benzene rings is 1. The fraction of sp³-hybridized carbons (Fsp3) is 0.280. The molecule has 0 spiro atoms. The van der Waals surface area contributed by atoms with E-state index in [4.69, 9.17) is 10.5 Å². The number of nitrogens with zero attached hydrogens (tertiary/aromatic N) is 3. The molecule has 3 aromatic rings. The van der Waals surface area contributed by atoms with Gasteiger partial charge in [-0.3, -0.25) is 4.79 Å². The molecule has 11 nitrogen and oxygen atoms in total. The van der Waals surface area contributed by atoms with E-state index in [1.807, 2.05) is 0 Å². The molecule has 2 amide bonds. The molecule has 13 heteroatoms. The number of pyridine rings is 2. The lowest BCUT2D eigenvalue weighted by atomic mass is 10.0. The average Bonchev–Trinajstić information content (AvgIpc) is 2.89. The zero-order chi connectivity index (χ0) is 27.2. The quantitative estimate of drug-likeness (QED) is 0.282. The molecule has 200 valence electrons. The summed E-state index contributed by atoms with van der Waals surface area (Å²) in [5.41, 5.74) is 6.00. The Hall–Kier alpha value is -4.52. The molecule has 1 fully saturated rings. The Morgan fingerprint density at radius 1 is 1.11 bits per heavy atom. The van der Waals surface area contributed by atoms with E-state index in [0.29, 0.717) is 31.9 Å². The third kappa shape index (κ3) is 6.24. The SMILES string of the molecule is C[C@H](NC(=O)O)[C@@H](Nc1nc(Nc2cnc(N3CCOCC3)c(F)c2)c(C(N)=O)cc1F)c1ccccc1. The number of amides is 2. The van der Waals surface area contributed by atoms with E-state index >= 15 is 4.39 Å². The van der Waals surface area contributed by atoms with Crippen molar-refractivity contribution >= 4 is 35.1 Å². The first-order valence-electron chi connectivity index (χ1n) is 11.8. The summed E-state index contributed by atoms with van der Waals surface area (Å²) < 4.78 is 35.2. The Kier molecular flexibility index (Phi) is 8.16. The number of carboxylic acid groups (broad SMARTS) is 1. The van der Waals surface area contributed by atoms with E-state index in [2.05, 4.69) is 25.9 Å². The highest BCUT2D eigenvalue weighted by Gasteiger charge is 2.25. The second-order valence-corrected chi connectivity index (χ2v) is 8.60. The summed E-state index contributed by atoms with van der Waals surface area (Å²) in [5, 5.41) is 17.3. The number of anilines is 4. The molecule has 0 unspecified atom stereocenters. The van der Waals surface area contributed by atoms with Gasteiger partial charge in [-0.2, -0.15) is 0 Å². The maximum Gasteiger partial charge on any atom is 0.404 e. The number of carbonyl (C=O) groups is 2. The van der Waals surface area contributed by atoms with E-state index in [0.717, 1.165) is 6.07 Å². The lowest BCUT2D eigenvalue weighted by Crippen LogP contribution is -2.39. The van der Waals surface area contributed by atoms with Crippen molar-refractivity contribution in [3.63, 3.8) is 0 Å². The van der Waals surface area contributed by atoms with Gasteiger partial charge in [0.15, 0.2) is 23.3 Å². The first-order valence-corrected chi connectivity index (χ1v) is 11.8. The summed E-state index contributed by atoms with van der Waals surface area (Å²) in [7, 11) is 0. The molecule has 1 aromatic carbocycles. The van der Waals surface area contributed by atoms with Crippen molar-refractivity contribution in [3.05, 3.63) is 71.4 Å². The van der Waals surface area contributed by atoms with Crippen LogP contribution in [-0.4, -0.2) is 59.4 Å². The molecule has 0 saturated carbocycles. The second-order valence-electron chi connectivity index (χ2n) is 8.60. The van der Waals surface area contributed by atoms with Gasteiger partial charge < -0.3 is 36.4 Å². The highest BCUT2D eigenvalue weighted by atomic mass is 19.1. The lowest BCUT2D eigenvalue weighted by Gasteiger charge is -2.28. The minimum atomic E-state index is -1.25.